The Balaban J connectivity index is 1.59. The van der Waals surface area contributed by atoms with E-state index < -0.39 is 24.4 Å². The summed E-state index contributed by atoms with van der Waals surface area (Å²) in [5, 5.41) is 2.66. The molecule has 1 aliphatic heterocycles. The number of nitrogens with one attached hydrogen (secondary N) is 1. The molecular weight excluding hydrogens is 396 g/mol. The highest BCUT2D eigenvalue weighted by Gasteiger charge is 2.37. The number of hydrogen-bond donors (Lipinski definition) is 1. The van der Waals surface area contributed by atoms with Crippen LogP contribution in [0.5, 0.6) is 5.75 Å². The molecule has 2 amide bonds. The Morgan fingerprint density at radius 1 is 1.16 bits per heavy atom. The van der Waals surface area contributed by atoms with Gasteiger partial charge in [0.15, 0.2) is 6.61 Å². The van der Waals surface area contributed by atoms with Crippen LogP contribution in [0.15, 0.2) is 48.5 Å². The lowest BCUT2D eigenvalue weighted by Gasteiger charge is -2.23. The van der Waals surface area contributed by atoms with Crippen molar-refractivity contribution in [2.75, 3.05) is 30.5 Å². The summed E-state index contributed by atoms with van der Waals surface area (Å²) in [6.45, 7) is 4.04. The van der Waals surface area contributed by atoms with Crippen molar-refractivity contribution in [3.05, 3.63) is 54.1 Å². The second kappa shape index (κ2) is 10.1. The molecular formula is C24H28N2O5. The zero-order valence-corrected chi connectivity index (χ0v) is 18.1. The molecule has 3 rings (SSSR count). The third-order valence-electron chi connectivity index (χ3n) is 5.56. The lowest BCUT2D eigenvalue weighted by atomic mass is 9.96. The van der Waals surface area contributed by atoms with E-state index in [1.165, 1.54) is 7.11 Å². The summed E-state index contributed by atoms with van der Waals surface area (Å²) in [6.07, 6.45) is 1.02. The average Bonchev–Trinajstić information content (AvgIpc) is 3.18. The molecule has 2 aromatic carbocycles. The minimum atomic E-state index is -0.600. The van der Waals surface area contributed by atoms with Crippen molar-refractivity contribution < 1.29 is 23.9 Å². The van der Waals surface area contributed by atoms with Crippen LogP contribution in [0.4, 0.5) is 11.4 Å². The van der Waals surface area contributed by atoms with Gasteiger partial charge in [-0.1, -0.05) is 44.2 Å². The summed E-state index contributed by atoms with van der Waals surface area (Å²) in [6, 6.07) is 14.7. The zero-order chi connectivity index (χ0) is 22.4. The number of carbonyl (C=O) groups excluding carboxylic acids is 3. The van der Waals surface area contributed by atoms with Crippen LogP contribution in [0.1, 0.15) is 38.2 Å². The largest absolute Gasteiger partial charge is 0.495 e. The Kier molecular flexibility index (Phi) is 7.28. The molecule has 7 nitrogen and oxygen atoms in total. The summed E-state index contributed by atoms with van der Waals surface area (Å²) in [7, 11) is 1.51. The normalized spacial score (nSPS) is 16.7. The SMILES string of the molecule is CC[C@@H](C)c1ccccc1N1C[C@H](C(=O)OCC(=O)Nc2ccccc2OC)CC1=O. The van der Waals surface area contributed by atoms with Crippen molar-refractivity contribution in [2.45, 2.75) is 32.6 Å². The summed E-state index contributed by atoms with van der Waals surface area (Å²) in [5.74, 6) is -0.922. The van der Waals surface area contributed by atoms with Crippen LogP contribution >= 0.6 is 0 Å². The third kappa shape index (κ3) is 5.23. The predicted octanol–water partition coefficient (Wildman–Crippen LogP) is 3.74. The minimum Gasteiger partial charge on any atom is -0.495 e. The number of nitrogens with zero attached hydrogens (tertiary/aromatic N) is 1. The van der Waals surface area contributed by atoms with Crippen LogP contribution in [0.25, 0.3) is 0 Å². The van der Waals surface area contributed by atoms with Crippen molar-refractivity contribution in [1.29, 1.82) is 0 Å². The number of anilines is 2. The molecule has 0 radical (unpaired) electrons. The van der Waals surface area contributed by atoms with Crippen molar-refractivity contribution in [1.82, 2.24) is 0 Å². The molecule has 7 heteroatoms. The molecule has 0 aromatic heterocycles. The molecule has 164 valence electrons. The highest BCUT2D eigenvalue weighted by molar-refractivity contribution is 6.00. The van der Waals surface area contributed by atoms with E-state index in [9.17, 15) is 14.4 Å². The van der Waals surface area contributed by atoms with E-state index in [0.717, 1.165) is 17.7 Å². The van der Waals surface area contributed by atoms with Crippen molar-refractivity contribution in [2.24, 2.45) is 5.92 Å². The van der Waals surface area contributed by atoms with E-state index in [0.29, 0.717) is 17.4 Å². The molecule has 0 bridgehead atoms. The molecule has 0 aliphatic carbocycles. The number of benzene rings is 2. The number of rotatable bonds is 8. The maximum atomic E-state index is 12.6. The quantitative estimate of drug-likeness (QED) is 0.653. The Morgan fingerprint density at radius 2 is 1.87 bits per heavy atom. The van der Waals surface area contributed by atoms with Gasteiger partial charge in [0, 0.05) is 18.7 Å². The monoisotopic (exact) mass is 424 g/mol. The molecule has 0 spiro atoms. The van der Waals surface area contributed by atoms with Gasteiger partial charge in [0.05, 0.1) is 18.7 Å². The first-order valence-corrected chi connectivity index (χ1v) is 10.4. The maximum Gasteiger partial charge on any atom is 0.311 e. The van der Waals surface area contributed by atoms with E-state index in [1.54, 1.807) is 29.2 Å². The zero-order valence-electron chi connectivity index (χ0n) is 18.1. The lowest BCUT2D eigenvalue weighted by molar-refractivity contribution is -0.151. The fourth-order valence-corrected chi connectivity index (χ4v) is 3.66. The van der Waals surface area contributed by atoms with Crippen LogP contribution < -0.4 is 15.0 Å². The molecule has 0 saturated carbocycles. The lowest BCUT2D eigenvalue weighted by Crippen LogP contribution is -2.29. The Bertz CT molecular complexity index is 958. The van der Waals surface area contributed by atoms with E-state index in [2.05, 4.69) is 19.2 Å². The van der Waals surface area contributed by atoms with Crippen LogP contribution in [0, 0.1) is 5.92 Å². The van der Waals surface area contributed by atoms with Gasteiger partial charge < -0.3 is 19.7 Å². The van der Waals surface area contributed by atoms with Gasteiger partial charge in [-0.2, -0.15) is 0 Å². The van der Waals surface area contributed by atoms with Crippen molar-refractivity contribution in [3.8, 4) is 5.75 Å². The van der Waals surface area contributed by atoms with E-state index in [4.69, 9.17) is 9.47 Å². The van der Waals surface area contributed by atoms with Gasteiger partial charge in [0.25, 0.3) is 5.91 Å². The molecule has 31 heavy (non-hydrogen) atoms. The van der Waals surface area contributed by atoms with Gasteiger partial charge >= 0.3 is 5.97 Å². The van der Waals surface area contributed by atoms with Gasteiger partial charge in [0.2, 0.25) is 5.91 Å². The van der Waals surface area contributed by atoms with Gasteiger partial charge in [-0.3, -0.25) is 14.4 Å². The number of amides is 2. The molecule has 2 atom stereocenters. The highest BCUT2D eigenvalue weighted by atomic mass is 16.5. The standard InChI is InChI=1S/C24H28N2O5/c1-4-16(2)18-9-5-7-11-20(18)26-14-17(13-23(26)28)24(29)31-15-22(27)25-19-10-6-8-12-21(19)30-3/h5-12,16-17H,4,13-15H2,1-3H3,(H,25,27)/t16-,17-/m1/s1. The molecule has 0 unspecified atom stereocenters. The maximum absolute atomic E-state index is 12.6. The smallest absolute Gasteiger partial charge is 0.311 e. The second-order valence-corrected chi connectivity index (χ2v) is 7.63. The summed E-state index contributed by atoms with van der Waals surface area (Å²) in [4.78, 5) is 39.0. The Labute approximate surface area is 182 Å². The van der Waals surface area contributed by atoms with Gasteiger partial charge in [-0.15, -0.1) is 0 Å². The Hall–Kier alpha value is -3.35. The van der Waals surface area contributed by atoms with Crippen LogP contribution in [0.3, 0.4) is 0 Å². The average molecular weight is 424 g/mol. The van der Waals surface area contributed by atoms with Gasteiger partial charge in [-0.05, 0) is 36.1 Å². The summed E-state index contributed by atoms with van der Waals surface area (Å²) >= 11 is 0. The second-order valence-electron chi connectivity index (χ2n) is 7.63. The minimum absolute atomic E-state index is 0.0712. The first-order chi connectivity index (χ1) is 14.9. The van der Waals surface area contributed by atoms with Crippen LogP contribution in [-0.4, -0.2) is 38.0 Å². The summed E-state index contributed by atoms with van der Waals surface area (Å²) in [5.41, 5.74) is 2.42. The first kappa shape index (κ1) is 22.3. The topological polar surface area (TPSA) is 84.9 Å². The molecule has 1 aliphatic rings. The number of ether oxygens (including phenoxy) is 2. The number of methoxy groups -OCH3 is 1. The van der Waals surface area contributed by atoms with Crippen molar-refractivity contribution in [3.63, 3.8) is 0 Å². The number of para-hydroxylation sites is 3. The van der Waals surface area contributed by atoms with E-state index in [-0.39, 0.29) is 18.9 Å². The van der Waals surface area contributed by atoms with Crippen molar-refractivity contribution >= 4 is 29.2 Å². The molecule has 1 saturated heterocycles. The van der Waals surface area contributed by atoms with E-state index >= 15 is 0 Å². The van der Waals surface area contributed by atoms with E-state index in [1.807, 2.05) is 24.3 Å². The highest BCUT2D eigenvalue weighted by Crippen LogP contribution is 2.33. The van der Waals surface area contributed by atoms with Crippen LogP contribution in [-0.2, 0) is 19.1 Å². The molecule has 2 aromatic rings. The summed E-state index contributed by atoms with van der Waals surface area (Å²) < 4.78 is 10.4. The van der Waals surface area contributed by atoms with Gasteiger partial charge in [0.1, 0.15) is 5.75 Å². The Morgan fingerprint density at radius 3 is 2.61 bits per heavy atom. The third-order valence-corrected chi connectivity index (χ3v) is 5.56. The molecule has 1 fully saturated rings. The molecule has 1 N–H and O–H groups in total. The number of esters is 1. The fraction of sp³-hybridized carbons (Fsp3) is 0.375. The van der Waals surface area contributed by atoms with Gasteiger partial charge in [-0.25, -0.2) is 0 Å². The first-order valence-electron chi connectivity index (χ1n) is 10.4. The number of carbonyl (C=O) groups is 3. The fourth-order valence-electron chi connectivity index (χ4n) is 3.66. The number of hydrogen-bond acceptors (Lipinski definition) is 5. The predicted molar refractivity (Wildman–Crippen MR) is 118 cm³/mol. The molecule has 1 heterocycles. The van der Waals surface area contributed by atoms with Crippen LogP contribution in [0.2, 0.25) is 0 Å².